The predicted molar refractivity (Wildman–Crippen MR) is 162 cm³/mol. The van der Waals surface area contributed by atoms with Gasteiger partial charge in [0.2, 0.25) is 0 Å². The molecule has 1 atom stereocenters. The second-order valence-electron chi connectivity index (χ2n) is 14.8. The van der Waals surface area contributed by atoms with Gasteiger partial charge in [0.15, 0.2) is 0 Å². The molecule has 2 aromatic carbocycles. The molecule has 0 saturated heterocycles. The van der Waals surface area contributed by atoms with Crippen molar-refractivity contribution in [3.8, 4) is 11.1 Å². The van der Waals surface area contributed by atoms with Gasteiger partial charge in [-0.2, -0.15) is 0 Å². The van der Waals surface area contributed by atoms with Crippen molar-refractivity contribution in [3.63, 3.8) is 0 Å². The van der Waals surface area contributed by atoms with Crippen LogP contribution in [-0.2, 0) is 38.5 Å². The summed E-state index contributed by atoms with van der Waals surface area (Å²) in [5.74, 6) is 0.549. The third-order valence-corrected chi connectivity index (χ3v) is 16.7. The quantitative estimate of drug-likeness (QED) is 0.409. The van der Waals surface area contributed by atoms with Gasteiger partial charge in [-0.3, -0.25) is 0 Å². The molecule has 4 rings (SSSR count). The number of hydrogen-bond donors (Lipinski definition) is 0. The van der Waals surface area contributed by atoms with Crippen LogP contribution in [-0.4, -0.2) is 3.21 Å². The average molecular weight is 645 g/mol. The molecule has 0 nitrogen and oxygen atoms in total. The van der Waals surface area contributed by atoms with E-state index in [2.05, 4.69) is 126 Å². The minimum absolute atomic E-state index is 0. The zero-order chi connectivity index (χ0) is 27.7. The Morgan fingerprint density at radius 1 is 0.821 bits per heavy atom. The minimum atomic E-state index is -2.38. The number of rotatable bonds is 3. The molecule has 0 spiro atoms. The molecule has 0 heterocycles. The van der Waals surface area contributed by atoms with Crippen molar-refractivity contribution in [3.05, 3.63) is 73.1 Å². The molecule has 39 heavy (non-hydrogen) atoms. The van der Waals surface area contributed by atoms with Gasteiger partial charge in [0.25, 0.3) is 0 Å². The summed E-state index contributed by atoms with van der Waals surface area (Å²) in [5, 5.41) is 0. The first-order chi connectivity index (χ1) is 17.0. The molecule has 0 bridgehead atoms. The van der Waals surface area contributed by atoms with E-state index >= 15 is 0 Å². The molecule has 0 fully saturated rings. The van der Waals surface area contributed by atoms with Crippen LogP contribution in [0.5, 0.6) is 0 Å². The molecular weight excluding hydrogens is 595 g/mol. The van der Waals surface area contributed by atoms with Gasteiger partial charge in [-0.15, -0.1) is 0 Å². The zero-order valence-electron chi connectivity index (χ0n) is 26.7. The third-order valence-electron chi connectivity index (χ3n) is 8.45. The van der Waals surface area contributed by atoms with Crippen LogP contribution in [0.4, 0.5) is 0 Å². The summed E-state index contributed by atoms with van der Waals surface area (Å²) in [7, 11) is 0. The minimum Gasteiger partial charge on any atom is -1.00 e. The molecule has 0 aliphatic heterocycles. The molecule has 0 radical (unpaired) electrons. The predicted octanol–water partition coefficient (Wildman–Crippen LogP) is 3.60. The van der Waals surface area contributed by atoms with E-state index < -0.39 is 21.3 Å². The Morgan fingerprint density at radius 2 is 1.41 bits per heavy atom. The third kappa shape index (κ3) is 6.37. The second-order valence-corrected chi connectivity index (χ2v) is 21.7. The maximum atomic E-state index is 2.63. The molecule has 0 amide bonds. The summed E-state index contributed by atoms with van der Waals surface area (Å²) in [6.45, 7) is 31.3. The maximum Gasteiger partial charge on any atom is -1.00 e. The summed E-state index contributed by atoms with van der Waals surface area (Å²) in [4.78, 5) is 0. The van der Waals surface area contributed by atoms with Crippen molar-refractivity contribution in [2.24, 2.45) is 11.3 Å². The summed E-state index contributed by atoms with van der Waals surface area (Å²) >= 11 is -2.38. The summed E-state index contributed by atoms with van der Waals surface area (Å²) < 4.78 is 5.35. The van der Waals surface area contributed by atoms with Crippen molar-refractivity contribution in [2.75, 3.05) is 0 Å². The summed E-state index contributed by atoms with van der Waals surface area (Å²) in [5.41, 5.74) is 13.0. The van der Waals surface area contributed by atoms with Crippen LogP contribution in [0.1, 0.15) is 119 Å². The number of hydrogen-bond acceptors (Lipinski definition) is 0. The van der Waals surface area contributed by atoms with Gasteiger partial charge in [0.1, 0.15) is 0 Å². The van der Waals surface area contributed by atoms with Crippen molar-refractivity contribution < 1.29 is 46.1 Å². The topological polar surface area (TPSA) is 0 Å². The fourth-order valence-electron chi connectivity index (χ4n) is 6.62. The smallest absolute Gasteiger partial charge is 1.00 e. The molecule has 0 saturated carbocycles. The van der Waals surface area contributed by atoms with E-state index in [9.17, 15) is 0 Å². The maximum absolute atomic E-state index is 2.63. The average Bonchev–Trinajstić information content (AvgIpc) is 3.29. The van der Waals surface area contributed by atoms with Crippen LogP contribution in [0.15, 0.2) is 50.8 Å². The van der Waals surface area contributed by atoms with Gasteiger partial charge in [-0.25, -0.2) is 0 Å². The summed E-state index contributed by atoms with van der Waals surface area (Å²) in [6, 6.07) is 12.3. The van der Waals surface area contributed by atoms with Crippen LogP contribution in [0.2, 0.25) is 0 Å². The van der Waals surface area contributed by atoms with Gasteiger partial charge in [0, 0.05) is 0 Å². The Labute approximate surface area is 260 Å². The van der Waals surface area contributed by atoms with Crippen molar-refractivity contribution in [1.29, 1.82) is 0 Å². The van der Waals surface area contributed by atoms with Gasteiger partial charge in [-0.05, 0) is 0 Å². The Morgan fingerprint density at radius 3 is 1.90 bits per heavy atom. The van der Waals surface area contributed by atoms with E-state index in [1.165, 1.54) is 22.3 Å². The van der Waals surface area contributed by atoms with E-state index in [0.29, 0.717) is 5.92 Å². The van der Waals surface area contributed by atoms with Crippen molar-refractivity contribution in [1.82, 2.24) is 0 Å². The number of halogens is 2. The van der Waals surface area contributed by atoms with Gasteiger partial charge in [0.05, 0.1) is 0 Å². The first-order valence-electron chi connectivity index (χ1n) is 14.4. The molecule has 2 aliphatic rings. The Kier molecular flexibility index (Phi) is 10.5. The molecule has 0 aromatic heterocycles. The Balaban J connectivity index is 0.00000267. The SMILES string of the molecule is CCC1=[C]([Zr+2](=[C](C)C)[c]2c(C(C)(C)C)ccc3c2Cc2cc(C(C)(C)C)ccc2-3)C(C)C=C1C(C)(C)C.[Cl-].[Cl-]. The molecule has 1 unspecified atom stereocenters. The largest absolute Gasteiger partial charge is 1.00 e. The molecule has 2 aliphatic carbocycles. The van der Waals surface area contributed by atoms with E-state index in [1.807, 2.05) is 3.28 Å². The van der Waals surface area contributed by atoms with Crippen molar-refractivity contribution >= 4 is 6.48 Å². The van der Waals surface area contributed by atoms with Crippen molar-refractivity contribution in [2.45, 2.75) is 114 Å². The van der Waals surface area contributed by atoms with Crippen LogP contribution < -0.4 is 28.1 Å². The second kappa shape index (κ2) is 11.9. The first-order valence-corrected chi connectivity index (χ1v) is 18.1. The number of fused-ring (bicyclic) bond motifs is 3. The number of benzene rings is 2. The molecule has 212 valence electrons. The fourth-order valence-corrected chi connectivity index (χ4v) is 15.7. The fraction of sp³-hybridized carbons (Fsp3) is 0.528. The monoisotopic (exact) mass is 642 g/mol. The van der Waals surface area contributed by atoms with Crippen LogP contribution in [0.3, 0.4) is 0 Å². The first kappa shape index (κ1) is 34.5. The van der Waals surface area contributed by atoms with Gasteiger partial charge >= 0.3 is 237 Å². The van der Waals surface area contributed by atoms with E-state index in [-0.39, 0.29) is 41.1 Å². The Hall–Kier alpha value is -0.747. The van der Waals surface area contributed by atoms with E-state index in [4.69, 9.17) is 0 Å². The zero-order valence-corrected chi connectivity index (χ0v) is 30.7. The molecular formula is C36H50Cl2Zr. The molecule has 3 heteroatoms. The molecule has 2 aromatic rings. The van der Waals surface area contributed by atoms with Crippen LogP contribution in [0, 0.1) is 11.3 Å². The Bertz CT molecular complexity index is 1340. The standard InChI is InChI=1S/C21H25.C12H19.C3H6.2ClH.Zr/c1-20(2,3)16-7-9-18-14(12-16)11-15-13-17(21(4,5)6)8-10-19(15)18;1-6-10-7-9(2)8-11(10)12(3,4)5;1-3-2;;;/h7-10,12H,11H2,1-6H3;8-9H,6H2,1-5H3;1-2H3;2*1H;/q;;;;;+2/p-2. The molecule has 0 N–H and O–H groups in total. The van der Waals surface area contributed by atoms with Crippen LogP contribution in [0.25, 0.3) is 11.1 Å². The number of allylic oxidation sites excluding steroid dienone is 4. The normalized spacial score (nSPS) is 16.5. The van der Waals surface area contributed by atoms with Gasteiger partial charge < -0.3 is 24.8 Å². The summed E-state index contributed by atoms with van der Waals surface area (Å²) in [6.07, 6.45) is 4.87. The van der Waals surface area contributed by atoms with Crippen LogP contribution >= 0.6 is 0 Å². The van der Waals surface area contributed by atoms with E-state index in [0.717, 1.165) is 12.8 Å². The van der Waals surface area contributed by atoms with E-state index in [1.54, 1.807) is 28.8 Å². The van der Waals surface area contributed by atoms with Gasteiger partial charge in [-0.1, -0.05) is 0 Å².